The summed E-state index contributed by atoms with van der Waals surface area (Å²) in [7, 11) is -3.66. The van der Waals surface area contributed by atoms with Crippen LogP contribution in [0.1, 0.15) is 11.1 Å². The first-order chi connectivity index (χ1) is 9.42. The van der Waals surface area contributed by atoms with Crippen LogP contribution in [0.25, 0.3) is 0 Å². The highest BCUT2D eigenvalue weighted by Crippen LogP contribution is 2.21. The van der Waals surface area contributed by atoms with E-state index in [2.05, 4.69) is 0 Å². The van der Waals surface area contributed by atoms with Crippen LogP contribution in [0, 0.1) is 17.1 Å². The second-order valence-electron chi connectivity index (χ2n) is 4.13. The van der Waals surface area contributed by atoms with Crippen molar-refractivity contribution in [2.24, 2.45) is 0 Å². The molecule has 0 saturated heterocycles. The van der Waals surface area contributed by atoms with Gasteiger partial charge in [-0.15, -0.1) is 0 Å². The van der Waals surface area contributed by atoms with Gasteiger partial charge in [0.15, 0.2) is 9.84 Å². The third-order valence-electron chi connectivity index (χ3n) is 2.71. The van der Waals surface area contributed by atoms with Crippen LogP contribution in [0.5, 0.6) is 0 Å². The summed E-state index contributed by atoms with van der Waals surface area (Å²) >= 11 is 5.70. The van der Waals surface area contributed by atoms with E-state index in [0.717, 1.165) is 12.1 Å². The molecule has 2 rings (SSSR count). The first kappa shape index (κ1) is 14.5. The zero-order chi connectivity index (χ0) is 14.8. The minimum Gasteiger partial charge on any atom is -0.223 e. The Morgan fingerprint density at radius 3 is 2.40 bits per heavy atom. The summed E-state index contributed by atoms with van der Waals surface area (Å²) in [4.78, 5) is 0.0788. The average Bonchev–Trinajstić information content (AvgIpc) is 2.39. The van der Waals surface area contributed by atoms with Gasteiger partial charge in [0.05, 0.1) is 22.3 Å². The first-order valence-electron chi connectivity index (χ1n) is 5.59. The van der Waals surface area contributed by atoms with E-state index in [1.54, 1.807) is 0 Å². The smallest absolute Gasteiger partial charge is 0.182 e. The van der Waals surface area contributed by atoms with Crippen LogP contribution in [-0.4, -0.2) is 8.42 Å². The van der Waals surface area contributed by atoms with E-state index in [9.17, 15) is 12.8 Å². The molecule has 0 aliphatic carbocycles. The fourth-order valence-corrected chi connectivity index (χ4v) is 3.21. The quantitative estimate of drug-likeness (QED) is 0.874. The van der Waals surface area contributed by atoms with E-state index in [1.807, 2.05) is 6.07 Å². The van der Waals surface area contributed by atoms with Gasteiger partial charge in [-0.25, -0.2) is 12.8 Å². The van der Waals surface area contributed by atoms with Crippen LogP contribution in [-0.2, 0) is 15.6 Å². The molecule has 0 atom stereocenters. The monoisotopic (exact) mass is 309 g/mol. The molecule has 0 unspecified atom stereocenters. The normalized spacial score (nSPS) is 11.1. The Morgan fingerprint density at radius 2 is 1.80 bits per heavy atom. The molecule has 2 aromatic carbocycles. The van der Waals surface area contributed by atoms with E-state index in [-0.39, 0.29) is 16.0 Å². The van der Waals surface area contributed by atoms with Crippen LogP contribution in [0.2, 0.25) is 5.02 Å². The van der Waals surface area contributed by atoms with Gasteiger partial charge in [-0.1, -0.05) is 11.6 Å². The van der Waals surface area contributed by atoms with E-state index < -0.39 is 21.4 Å². The first-order valence-corrected chi connectivity index (χ1v) is 7.62. The Labute approximate surface area is 121 Å². The summed E-state index contributed by atoms with van der Waals surface area (Å²) < 4.78 is 37.6. The maximum absolute atomic E-state index is 13.2. The fourth-order valence-electron chi connectivity index (χ4n) is 1.72. The molecule has 0 fully saturated rings. The number of hydrogen-bond donors (Lipinski definition) is 0. The van der Waals surface area contributed by atoms with Crippen molar-refractivity contribution in [2.75, 3.05) is 0 Å². The number of benzene rings is 2. The van der Waals surface area contributed by atoms with Crippen molar-refractivity contribution < 1.29 is 12.8 Å². The summed E-state index contributed by atoms with van der Waals surface area (Å²) in [5.41, 5.74) is 0.284. The Hall–Kier alpha value is -1.90. The lowest BCUT2D eigenvalue weighted by Gasteiger charge is -2.06. The van der Waals surface area contributed by atoms with Crippen LogP contribution < -0.4 is 0 Å². The molecule has 0 aliphatic rings. The van der Waals surface area contributed by atoms with E-state index in [0.29, 0.717) is 5.02 Å². The van der Waals surface area contributed by atoms with Gasteiger partial charge in [-0.2, -0.15) is 5.26 Å². The zero-order valence-electron chi connectivity index (χ0n) is 10.2. The maximum Gasteiger partial charge on any atom is 0.182 e. The zero-order valence-corrected chi connectivity index (χ0v) is 11.7. The predicted molar refractivity (Wildman–Crippen MR) is 73.5 cm³/mol. The molecule has 0 saturated carbocycles. The molecule has 0 radical (unpaired) electrons. The van der Waals surface area contributed by atoms with Crippen molar-refractivity contribution in [3.8, 4) is 6.07 Å². The molecule has 20 heavy (non-hydrogen) atoms. The third-order valence-corrected chi connectivity index (χ3v) is 4.64. The molecule has 0 N–H and O–H groups in total. The number of nitrogens with zero attached hydrogens (tertiary/aromatic N) is 1. The standard InChI is InChI=1S/C14H9ClFNO2S/c15-12-2-5-14(6-3-12)20(18,19)9-11-7-13(16)4-1-10(11)8-17/h1-7H,9H2. The van der Waals surface area contributed by atoms with Crippen molar-refractivity contribution in [2.45, 2.75) is 10.6 Å². The summed E-state index contributed by atoms with van der Waals surface area (Å²) in [5.74, 6) is -1.01. The average molecular weight is 310 g/mol. The van der Waals surface area contributed by atoms with Gasteiger partial charge in [0.25, 0.3) is 0 Å². The van der Waals surface area contributed by atoms with Crippen molar-refractivity contribution in [3.05, 3.63) is 64.4 Å². The Kier molecular flexibility index (Phi) is 4.07. The van der Waals surface area contributed by atoms with Crippen molar-refractivity contribution in [3.63, 3.8) is 0 Å². The highest BCUT2D eigenvalue weighted by molar-refractivity contribution is 7.90. The van der Waals surface area contributed by atoms with Crippen LogP contribution in [0.15, 0.2) is 47.4 Å². The minimum atomic E-state index is -3.66. The van der Waals surface area contributed by atoms with Gasteiger partial charge in [0, 0.05) is 5.02 Å². The highest BCUT2D eigenvalue weighted by atomic mass is 35.5. The minimum absolute atomic E-state index is 0.0788. The second kappa shape index (κ2) is 5.61. The van der Waals surface area contributed by atoms with Gasteiger partial charge in [-0.05, 0) is 48.0 Å². The molecule has 0 spiro atoms. The summed E-state index contributed by atoms with van der Waals surface area (Å²) in [6.45, 7) is 0. The molecule has 0 bridgehead atoms. The molecule has 3 nitrogen and oxygen atoms in total. The lowest BCUT2D eigenvalue weighted by Crippen LogP contribution is -2.06. The third kappa shape index (κ3) is 3.16. The van der Waals surface area contributed by atoms with Crippen molar-refractivity contribution >= 4 is 21.4 Å². The molecule has 0 aliphatic heterocycles. The van der Waals surface area contributed by atoms with Crippen LogP contribution in [0.3, 0.4) is 0 Å². The topological polar surface area (TPSA) is 57.9 Å². The molecular weight excluding hydrogens is 301 g/mol. The molecular formula is C14H9ClFNO2S. The number of sulfone groups is 1. The predicted octanol–water partition coefficient (Wildman–Crippen LogP) is 3.32. The lowest BCUT2D eigenvalue weighted by atomic mass is 10.1. The van der Waals surface area contributed by atoms with Gasteiger partial charge < -0.3 is 0 Å². The Bertz CT molecular complexity index is 780. The Balaban J connectivity index is 2.41. The highest BCUT2D eigenvalue weighted by Gasteiger charge is 2.18. The number of rotatable bonds is 3. The Morgan fingerprint density at radius 1 is 1.15 bits per heavy atom. The van der Waals surface area contributed by atoms with Gasteiger partial charge in [0.2, 0.25) is 0 Å². The number of nitriles is 1. The SMILES string of the molecule is N#Cc1ccc(F)cc1CS(=O)(=O)c1ccc(Cl)cc1. The van der Waals surface area contributed by atoms with E-state index in [1.165, 1.54) is 30.3 Å². The molecule has 2 aromatic rings. The molecule has 102 valence electrons. The number of hydrogen-bond acceptors (Lipinski definition) is 3. The number of halogens is 2. The summed E-state index contributed by atoms with van der Waals surface area (Å²) in [5, 5.41) is 9.35. The lowest BCUT2D eigenvalue weighted by molar-refractivity contribution is 0.594. The second-order valence-corrected chi connectivity index (χ2v) is 6.55. The summed E-state index contributed by atoms with van der Waals surface area (Å²) in [6, 6.07) is 11.0. The largest absolute Gasteiger partial charge is 0.223 e. The summed E-state index contributed by atoms with van der Waals surface area (Å²) in [6.07, 6.45) is 0. The molecule has 0 aromatic heterocycles. The van der Waals surface area contributed by atoms with Gasteiger partial charge in [-0.3, -0.25) is 0 Å². The molecule has 0 amide bonds. The van der Waals surface area contributed by atoms with Crippen LogP contribution in [0.4, 0.5) is 4.39 Å². The maximum atomic E-state index is 13.2. The van der Waals surface area contributed by atoms with Gasteiger partial charge in [0.1, 0.15) is 5.82 Å². The molecule has 0 heterocycles. The van der Waals surface area contributed by atoms with Crippen molar-refractivity contribution in [1.29, 1.82) is 5.26 Å². The van der Waals surface area contributed by atoms with Gasteiger partial charge >= 0.3 is 0 Å². The van der Waals surface area contributed by atoms with Crippen LogP contribution >= 0.6 is 11.6 Å². The fraction of sp³-hybridized carbons (Fsp3) is 0.0714. The van der Waals surface area contributed by atoms with Crippen molar-refractivity contribution in [1.82, 2.24) is 0 Å². The van der Waals surface area contributed by atoms with E-state index in [4.69, 9.17) is 16.9 Å². The van der Waals surface area contributed by atoms with E-state index >= 15 is 0 Å². The molecule has 6 heteroatoms.